The molecule has 0 spiro atoms. The SMILES string of the molecule is C1=CSCS1.CCCCC(C)N(c1ncncn1)C(C)CCCC. The summed E-state index contributed by atoms with van der Waals surface area (Å²) in [6.07, 6.45) is 10.5. The average molecular weight is 369 g/mol. The van der Waals surface area contributed by atoms with E-state index in [0.717, 1.165) is 5.95 Å². The highest BCUT2D eigenvalue weighted by Gasteiger charge is 2.22. The largest absolute Gasteiger partial charge is 0.335 e. The van der Waals surface area contributed by atoms with E-state index in [0.29, 0.717) is 12.1 Å². The quantitative estimate of drug-likeness (QED) is 0.554. The highest BCUT2D eigenvalue weighted by Crippen LogP contribution is 2.22. The smallest absolute Gasteiger partial charge is 0.228 e. The van der Waals surface area contributed by atoms with Gasteiger partial charge in [0.25, 0.3) is 0 Å². The lowest BCUT2D eigenvalue weighted by Crippen LogP contribution is -2.41. The molecule has 0 saturated heterocycles. The first-order chi connectivity index (χ1) is 11.7. The van der Waals surface area contributed by atoms with E-state index in [9.17, 15) is 0 Å². The standard InChI is InChI=1S/C15H28N4.C3H4S2/c1-5-7-9-13(3)19(14(4)10-8-6-2)15-17-11-16-12-18-15;1-2-5-3-4-1/h11-14H,5-10H2,1-4H3;1-2H,3H2. The van der Waals surface area contributed by atoms with Gasteiger partial charge in [-0.05, 0) is 37.5 Å². The molecule has 0 aromatic carbocycles. The van der Waals surface area contributed by atoms with Gasteiger partial charge in [-0.3, -0.25) is 0 Å². The van der Waals surface area contributed by atoms with Gasteiger partial charge in [0.15, 0.2) is 0 Å². The van der Waals surface area contributed by atoms with Crippen LogP contribution < -0.4 is 4.90 Å². The minimum Gasteiger partial charge on any atom is -0.335 e. The molecular formula is C18H32N4S2. The summed E-state index contributed by atoms with van der Waals surface area (Å²) in [5.74, 6) is 0.821. The van der Waals surface area contributed by atoms with E-state index in [2.05, 4.69) is 58.4 Å². The van der Waals surface area contributed by atoms with Gasteiger partial charge >= 0.3 is 0 Å². The molecule has 2 unspecified atom stereocenters. The summed E-state index contributed by atoms with van der Waals surface area (Å²) in [5.41, 5.74) is 0. The van der Waals surface area contributed by atoms with E-state index in [1.807, 2.05) is 23.5 Å². The van der Waals surface area contributed by atoms with E-state index >= 15 is 0 Å². The number of aromatic nitrogens is 3. The van der Waals surface area contributed by atoms with Crippen molar-refractivity contribution < 1.29 is 0 Å². The lowest BCUT2D eigenvalue weighted by atomic mass is 10.1. The van der Waals surface area contributed by atoms with Crippen molar-refractivity contribution in [2.45, 2.75) is 78.3 Å². The molecule has 2 heterocycles. The molecule has 0 fully saturated rings. The zero-order valence-electron chi connectivity index (χ0n) is 15.5. The van der Waals surface area contributed by atoms with Gasteiger partial charge in [0.05, 0.1) is 0 Å². The van der Waals surface area contributed by atoms with Crippen LogP contribution in [0.15, 0.2) is 23.5 Å². The van der Waals surface area contributed by atoms with Gasteiger partial charge in [0.1, 0.15) is 12.7 Å². The number of hydrogen-bond donors (Lipinski definition) is 0. The molecule has 1 aromatic rings. The van der Waals surface area contributed by atoms with Crippen LogP contribution in [0.4, 0.5) is 5.95 Å². The Bertz CT molecular complexity index is 422. The third kappa shape index (κ3) is 8.38. The lowest BCUT2D eigenvalue weighted by molar-refractivity contribution is 0.469. The van der Waals surface area contributed by atoms with Gasteiger partial charge in [-0.25, -0.2) is 15.0 Å². The molecule has 0 bridgehead atoms. The number of thioether (sulfide) groups is 2. The Labute approximate surface area is 156 Å². The first-order valence-corrected chi connectivity index (χ1v) is 11.1. The van der Waals surface area contributed by atoms with Crippen molar-refractivity contribution in [3.8, 4) is 0 Å². The molecule has 6 heteroatoms. The predicted molar refractivity (Wildman–Crippen MR) is 109 cm³/mol. The molecule has 0 amide bonds. The van der Waals surface area contributed by atoms with E-state index < -0.39 is 0 Å². The Morgan fingerprint density at radius 3 is 1.83 bits per heavy atom. The second-order valence-corrected chi connectivity index (χ2v) is 8.21. The summed E-state index contributed by atoms with van der Waals surface area (Å²) in [5, 5.41) is 5.45. The third-order valence-corrected chi connectivity index (χ3v) is 5.91. The highest BCUT2D eigenvalue weighted by molar-refractivity contribution is 8.21. The van der Waals surface area contributed by atoms with Crippen LogP contribution in [-0.2, 0) is 0 Å². The minimum atomic E-state index is 0.481. The van der Waals surface area contributed by atoms with Crippen molar-refractivity contribution in [2.75, 3.05) is 9.98 Å². The fourth-order valence-electron chi connectivity index (χ4n) is 2.67. The molecule has 4 nitrogen and oxygen atoms in total. The van der Waals surface area contributed by atoms with Crippen LogP contribution in [0.3, 0.4) is 0 Å². The first-order valence-electron chi connectivity index (χ1n) is 8.99. The van der Waals surface area contributed by atoms with Gasteiger partial charge in [0, 0.05) is 17.2 Å². The van der Waals surface area contributed by atoms with Crippen LogP contribution in [0, 0.1) is 0 Å². The van der Waals surface area contributed by atoms with E-state index in [1.54, 1.807) is 12.7 Å². The molecule has 1 aromatic heterocycles. The number of rotatable bonds is 9. The Morgan fingerprint density at radius 2 is 1.46 bits per heavy atom. The lowest BCUT2D eigenvalue weighted by Gasteiger charge is -2.34. The fraction of sp³-hybridized carbons (Fsp3) is 0.722. The normalized spacial score (nSPS) is 15.5. The maximum Gasteiger partial charge on any atom is 0.228 e. The van der Waals surface area contributed by atoms with Gasteiger partial charge in [-0.1, -0.05) is 39.5 Å². The Hall–Kier alpha value is -0.750. The monoisotopic (exact) mass is 368 g/mol. The zero-order valence-corrected chi connectivity index (χ0v) is 17.2. The van der Waals surface area contributed by atoms with Crippen LogP contribution in [0.5, 0.6) is 0 Å². The number of unbranched alkanes of at least 4 members (excludes halogenated alkanes) is 2. The highest BCUT2D eigenvalue weighted by atomic mass is 32.2. The molecule has 0 N–H and O–H groups in total. The van der Waals surface area contributed by atoms with Crippen LogP contribution in [0.25, 0.3) is 0 Å². The second-order valence-electron chi connectivity index (χ2n) is 6.05. The Balaban J connectivity index is 0.000000488. The second kappa shape index (κ2) is 13.5. The van der Waals surface area contributed by atoms with Gasteiger partial charge in [-0.15, -0.1) is 23.5 Å². The summed E-state index contributed by atoms with van der Waals surface area (Å²) in [6.45, 7) is 9.03. The van der Waals surface area contributed by atoms with Gasteiger partial charge in [0.2, 0.25) is 5.95 Å². The molecule has 0 saturated carbocycles. The molecule has 0 aliphatic carbocycles. The molecule has 0 radical (unpaired) electrons. The van der Waals surface area contributed by atoms with Gasteiger partial charge in [-0.2, -0.15) is 0 Å². The molecule has 1 aliphatic rings. The van der Waals surface area contributed by atoms with Crippen LogP contribution in [0.1, 0.15) is 66.2 Å². The van der Waals surface area contributed by atoms with Crippen molar-refractivity contribution in [3.63, 3.8) is 0 Å². The van der Waals surface area contributed by atoms with Crippen molar-refractivity contribution in [1.82, 2.24) is 15.0 Å². The predicted octanol–water partition coefficient (Wildman–Crippen LogP) is 5.73. The van der Waals surface area contributed by atoms with Crippen molar-refractivity contribution in [2.24, 2.45) is 0 Å². The topological polar surface area (TPSA) is 41.9 Å². The van der Waals surface area contributed by atoms with E-state index in [1.165, 1.54) is 43.6 Å². The summed E-state index contributed by atoms with van der Waals surface area (Å²) in [6, 6.07) is 0.961. The Kier molecular flexibility index (Phi) is 12.0. The molecule has 1 aliphatic heterocycles. The number of hydrogen-bond acceptors (Lipinski definition) is 6. The van der Waals surface area contributed by atoms with Crippen LogP contribution >= 0.6 is 23.5 Å². The molecular weight excluding hydrogens is 336 g/mol. The van der Waals surface area contributed by atoms with Crippen LogP contribution in [-0.4, -0.2) is 32.1 Å². The summed E-state index contributed by atoms with van der Waals surface area (Å²) in [7, 11) is 0. The fourth-order valence-corrected chi connectivity index (χ4v) is 4.24. The Morgan fingerprint density at radius 1 is 0.958 bits per heavy atom. The average Bonchev–Trinajstić information content (AvgIpc) is 3.19. The maximum absolute atomic E-state index is 4.34. The minimum absolute atomic E-state index is 0.481. The zero-order chi connectivity index (χ0) is 17.6. The number of anilines is 1. The third-order valence-electron chi connectivity index (χ3n) is 4.00. The summed E-state index contributed by atoms with van der Waals surface area (Å²) < 4.78 is 0. The molecule has 24 heavy (non-hydrogen) atoms. The van der Waals surface area contributed by atoms with Crippen molar-refractivity contribution in [3.05, 3.63) is 23.5 Å². The maximum atomic E-state index is 4.34. The van der Waals surface area contributed by atoms with Crippen molar-refractivity contribution >= 4 is 29.5 Å². The summed E-state index contributed by atoms with van der Waals surface area (Å²) in [4.78, 5) is 15.0. The van der Waals surface area contributed by atoms with Gasteiger partial charge < -0.3 is 4.90 Å². The molecule has 2 atom stereocenters. The van der Waals surface area contributed by atoms with E-state index in [4.69, 9.17) is 0 Å². The number of nitrogens with zero attached hydrogens (tertiary/aromatic N) is 4. The van der Waals surface area contributed by atoms with Crippen LogP contribution in [0.2, 0.25) is 0 Å². The van der Waals surface area contributed by atoms with E-state index in [-0.39, 0.29) is 0 Å². The first kappa shape index (κ1) is 21.3. The van der Waals surface area contributed by atoms with Crippen molar-refractivity contribution in [1.29, 1.82) is 0 Å². The molecule has 136 valence electrons. The molecule has 2 rings (SSSR count). The summed E-state index contributed by atoms with van der Waals surface area (Å²) >= 11 is 3.71.